The molecular weight excluding hydrogens is 471 g/mol. The first-order valence-electron chi connectivity index (χ1n) is 10.0. The second kappa shape index (κ2) is 5.85. The molecule has 152 valence electrons. The van der Waals surface area contributed by atoms with Crippen molar-refractivity contribution in [2.45, 2.75) is 67.2 Å². The third kappa shape index (κ3) is 2.17. The standard InChI is InChI=1S/C22H27IO5/c1-13-7-15-14(16(8-13)25-4)9-17(23)22-19(2,10-18(24)28-22)11-21(12-20(15,22)3)26-5-6-27-21/h7-8,17H,5-6,9-12H2,1-4H3/t17-,19-,20+,22-/m1/s1. The minimum atomic E-state index is -0.650. The highest BCUT2D eigenvalue weighted by atomic mass is 127. The van der Waals surface area contributed by atoms with Crippen molar-refractivity contribution < 1.29 is 23.7 Å². The van der Waals surface area contributed by atoms with Crippen LogP contribution in [-0.4, -0.2) is 41.6 Å². The van der Waals surface area contributed by atoms with Crippen molar-refractivity contribution in [3.05, 3.63) is 28.8 Å². The van der Waals surface area contributed by atoms with Gasteiger partial charge in [0, 0.05) is 23.7 Å². The lowest BCUT2D eigenvalue weighted by Gasteiger charge is -2.64. The highest BCUT2D eigenvalue weighted by Gasteiger charge is 2.77. The average Bonchev–Trinajstić information content (AvgIpc) is 3.16. The maximum absolute atomic E-state index is 12.7. The molecule has 4 atom stereocenters. The molecule has 0 unspecified atom stereocenters. The first kappa shape index (κ1) is 19.1. The van der Waals surface area contributed by atoms with Crippen LogP contribution in [0.4, 0.5) is 0 Å². The minimum absolute atomic E-state index is 0.103. The van der Waals surface area contributed by atoms with Gasteiger partial charge in [0.25, 0.3) is 0 Å². The van der Waals surface area contributed by atoms with Crippen LogP contribution in [0.1, 0.15) is 49.8 Å². The van der Waals surface area contributed by atoms with Crippen LogP contribution in [0.15, 0.2) is 12.1 Å². The largest absolute Gasteiger partial charge is 0.496 e. The van der Waals surface area contributed by atoms with E-state index in [2.05, 4.69) is 55.5 Å². The molecule has 6 heteroatoms. The Bertz CT molecular complexity index is 863. The van der Waals surface area contributed by atoms with Crippen LogP contribution in [0, 0.1) is 12.3 Å². The van der Waals surface area contributed by atoms with E-state index in [0.29, 0.717) is 32.5 Å². The Morgan fingerprint density at radius 1 is 1.18 bits per heavy atom. The highest BCUT2D eigenvalue weighted by molar-refractivity contribution is 14.1. The van der Waals surface area contributed by atoms with E-state index in [-0.39, 0.29) is 15.3 Å². The lowest BCUT2D eigenvalue weighted by Crippen LogP contribution is -2.72. The monoisotopic (exact) mass is 498 g/mol. The van der Waals surface area contributed by atoms with Gasteiger partial charge < -0.3 is 18.9 Å². The van der Waals surface area contributed by atoms with Gasteiger partial charge in [-0.05, 0) is 36.1 Å². The van der Waals surface area contributed by atoms with Gasteiger partial charge in [-0.1, -0.05) is 42.5 Å². The van der Waals surface area contributed by atoms with Gasteiger partial charge in [-0.25, -0.2) is 0 Å². The molecule has 0 amide bonds. The third-order valence-corrected chi connectivity index (χ3v) is 8.93. The molecule has 1 aromatic rings. The van der Waals surface area contributed by atoms with Crippen molar-refractivity contribution in [1.82, 2.24) is 0 Å². The van der Waals surface area contributed by atoms with Crippen LogP contribution in [0.3, 0.4) is 0 Å². The molecule has 0 N–H and O–H groups in total. The summed E-state index contributed by atoms with van der Waals surface area (Å²) in [5.74, 6) is 0.170. The summed E-state index contributed by atoms with van der Waals surface area (Å²) in [5.41, 5.74) is 2.25. The molecule has 4 aliphatic rings. The van der Waals surface area contributed by atoms with E-state index >= 15 is 0 Å². The number of hydrogen-bond acceptors (Lipinski definition) is 5. The predicted molar refractivity (Wildman–Crippen MR) is 112 cm³/mol. The lowest BCUT2D eigenvalue weighted by molar-refractivity contribution is -0.263. The predicted octanol–water partition coefficient (Wildman–Crippen LogP) is 3.85. The number of aryl methyl sites for hydroxylation is 1. The van der Waals surface area contributed by atoms with Crippen LogP contribution in [-0.2, 0) is 30.8 Å². The fourth-order valence-corrected chi connectivity index (χ4v) is 8.87. The van der Waals surface area contributed by atoms with E-state index in [4.69, 9.17) is 18.9 Å². The molecule has 1 aromatic carbocycles. The Morgan fingerprint density at radius 2 is 1.89 bits per heavy atom. The highest BCUT2D eigenvalue weighted by Crippen LogP contribution is 2.70. The molecule has 0 bridgehead atoms. The van der Waals surface area contributed by atoms with Gasteiger partial charge in [0.05, 0.1) is 30.7 Å². The summed E-state index contributed by atoms with van der Waals surface area (Å²) in [6.45, 7) is 7.75. The Balaban J connectivity index is 1.80. The van der Waals surface area contributed by atoms with Crippen LogP contribution in [0.5, 0.6) is 5.75 Å². The molecule has 2 aliphatic carbocycles. The smallest absolute Gasteiger partial charge is 0.307 e. The number of esters is 1. The van der Waals surface area contributed by atoms with Gasteiger partial charge >= 0.3 is 5.97 Å². The third-order valence-electron chi connectivity index (χ3n) is 7.61. The van der Waals surface area contributed by atoms with Crippen LogP contribution in [0.2, 0.25) is 0 Å². The number of fused-ring (bicyclic) bond motifs is 2. The Hall–Kier alpha value is -0.860. The summed E-state index contributed by atoms with van der Waals surface area (Å²) in [6, 6.07) is 4.35. The zero-order chi connectivity index (χ0) is 19.9. The molecular formula is C22H27IO5. The molecule has 2 spiro atoms. The number of hydrogen-bond donors (Lipinski definition) is 0. The molecule has 5 rings (SSSR count). The van der Waals surface area contributed by atoms with Gasteiger partial charge in [0.1, 0.15) is 11.4 Å². The number of carbonyl (C=O) groups is 1. The second-order valence-corrected chi connectivity index (χ2v) is 10.9. The average molecular weight is 498 g/mol. The zero-order valence-corrected chi connectivity index (χ0v) is 19.1. The van der Waals surface area contributed by atoms with E-state index in [1.165, 1.54) is 11.1 Å². The van der Waals surface area contributed by atoms with E-state index in [1.54, 1.807) is 7.11 Å². The van der Waals surface area contributed by atoms with Crippen molar-refractivity contribution in [3.8, 4) is 5.75 Å². The fourth-order valence-electron chi connectivity index (χ4n) is 6.86. The normalized spacial score (nSPS) is 40.6. The molecule has 2 heterocycles. The molecule has 2 aliphatic heterocycles. The van der Waals surface area contributed by atoms with Crippen molar-refractivity contribution in [2.75, 3.05) is 20.3 Å². The Labute approximate surface area is 179 Å². The van der Waals surface area contributed by atoms with Gasteiger partial charge in [-0.3, -0.25) is 4.79 Å². The molecule has 0 radical (unpaired) electrons. The minimum Gasteiger partial charge on any atom is -0.496 e. The van der Waals surface area contributed by atoms with E-state index in [0.717, 1.165) is 17.7 Å². The number of ether oxygens (including phenoxy) is 4. The summed E-state index contributed by atoms with van der Waals surface area (Å²) < 4.78 is 24.7. The van der Waals surface area contributed by atoms with Crippen molar-refractivity contribution >= 4 is 28.6 Å². The maximum Gasteiger partial charge on any atom is 0.307 e. The summed E-state index contributed by atoms with van der Waals surface area (Å²) in [6.07, 6.45) is 2.61. The summed E-state index contributed by atoms with van der Waals surface area (Å²) in [5, 5.41) is 0. The van der Waals surface area contributed by atoms with Crippen LogP contribution >= 0.6 is 22.6 Å². The summed E-state index contributed by atoms with van der Waals surface area (Å²) in [7, 11) is 1.73. The van der Waals surface area contributed by atoms with Crippen LogP contribution < -0.4 is 4.74 Å². The second-order valence-electron chi connectivity index (χ2n) is 9.41. The SMILES string of the molecule is COc1cc(C)cc2c1C[C@@H](I)[C@@]13OC(=O)C[C@]1(C)CC1(C[C@@]23C)OCCO1. The number of halogens is 1. The first-order valence-corrected chi connectivity index (χ1v) is 11.3. The molecule has 5 nitrogen and oxygen atoms in total. The van der Waals surface area contributed by atoms with E-state index in [1.807, 2.05) is 0 Å². The number of benzene rings is 1. The Morgan fingerprint density at radius 3 is 2.57 bits per heavy atom. The molecule has 2 saturated heterocycles. The van der Waals surface area contributed by atoms with Gasteiger partial charge in [-0.2, -0.15) is 0 Å². The molecule has 28 heavy (non-hydrogen) atoms. The number of rotatable bonds is 1. The van der Waals surface area contributed by atoms with Crippen molar-refractivity contribution in [3.63, 3.8) is 0 Å². The fraction of sp³-hybridized carbons (Fsp3) is 0.682. The summed E-state index contributed by atoms with van der Waals surface area (Å²) in [4.78, 5) is 12.7. The number of carbonyl (C=O) groups excluding carboxylic acids is 1. The quantitative estimate of drug-likeness (QED) is 0.335. The van der Waals surface area contributed by atoms with E-state index in [9.17, 15) is 4.79 Å². The van der Waals surface area contributed by atoms with Gasteiger partial charge in [0.2, 0.25) is 0 Å². The van der Waals surface area contributed by atoms with Crippen LogP contribution in [0.25, 0.3) is 0 Å². The van der Waals surface area contributed by atoms with Crippen molar-refractivity contribution in [2.24, 2.45) is 5.41 Å². The maximum atomic E-state index is 12.7. The van der Waals surface area contributed by atoms with Crippen molar-refractivity contribution in [1.29, 1.82) is 0 Å². The molecule has 0 aromatic heterocycles. The topological polar surface area (TPSA) is 54.0 Å². The molecule has 1 saturated carbocycles. The number of alkyl halides is 1. The zero-order valence-electron chi connectivity index (χ0n) is 16.9. The van der Waals surface area contributed by atoms with E-state index < -0.39 is 16.8 Å². The lowest BCUT2D eigenvalue weighted by atomic mass is 9.45. The number of methoxy groups -OCH3 is 1. The molecule has 3 fully saturated rings. The Kier molecular flexibility index (Phi) is 4.00. The first-order chi connectivity index (χ1) is 13.2. The van der Waals surface area contributed by atoms with Gasteiger partial charge in [-0.15, -0.1) is 0 Å². The summed E-state index contributed by atoms with van der Waals surface area (Å²) >= 11 is 2.51. The van der Waals surface area contributed by atoms with Gasteiger partial charge in [0.15, 0.2) is 5.79 Å².